The highest BCUT2D eigenvalue weighted by Crippen LogP contribution is 2.23. The van der Waals surface area contributed by atoms with E-state index in [9.17, 15) is 4.79 Å². The van der Waals surface area contributed by atoms with Gasteiger partial charge in [0.05, 0.1) is 12.3 Å². The van der Waals surface area contributed by atoms with Crippen LogP contribution in [0.3, 0.4) is 0 Å². The van der Waals surface area contributed by atoms with Crippen molar-refractivity contribution >= 4 is 17.9 Å². The Morgan fingerprint density at radius 2 is 2.03 bits per heavy atom. The lowest BCUT2D eigenvalue weighted by Gasteiger charge is -2.13. The third kappa shape index (κ3) is 7.26. The van der Waals surface area contributed by atoms with Crippen molar-refractivity contribution in [3.05, 3.63) is 59.2 Å². The summed E-state index contributed by atoms with van der Waals surface area (Å²) in [6.07, 6.45) is 2.19. The highest BCUT2D eigenvalue weighted by Gasteiger charge is 2.13. The molecule has 6 nitrogen and oxygen atoms in total. The first-order chi connectivity index (χ1) is 14.6. The smallest absolute Gasteiger partial charge is 0.304 e. The highest BCUT2D eigenvalue weighted by atomic mass is 16.5. The molecule has 2 aromatic rings. The van der Waals surface area contributed by atoms with Gasteiger partial charge in [-0.15, -0.1) is 5.92 Å². The van der Waals surface area contributed by atoms with E-state index in [4.69, 9.17) is 20.0 Å². The maximum Gasteiger partial charge on any atom is 0.304 e. The highest BCUT2D eigenvalue weighted by molar-refractivity contribution is 5.86. The fourth-order valence-electron chi connectivity index (χ4n) is 2.99. The number of hydrogen-bond donors (Lipinski definition) is 3. The van der Waals surface area contributed by atoms with E-state index in [1.807, 2.05) is 42.5 Å². The average Bonchev–Trinajstić information content (AvgIpc) is 2.75. The van der Waals surface area contributed by atoms with Gasteiger partial charge in [-0.25, -0.2) is 0 Å². The van der Waals surface area contributed by atoms with Crippen LogP contribution in [0.25, 0.3) is 0 Å². The standard InChI is InChI=1S/C24H28N2O4/c1-3-5-20(15-24(27)28)19-7-9-22(10-8-19)30-17-18-6-11-23(21(14-18)16-25)26-12-4-13-29-2/h6-11,14,16,20,25-26H,4,12-13,15,17H2,1-2H3,(H,27,28)/t20-/m0/s1. The molecule has 0 aromatic heterocycles. The van der Waals surface area contributed by atoms with Gasteiger partial charge in [0.25, 0.3) is 0 Å². The van der Waals surface area contributed by atoms with E-state index in [0.717, 1.165) is 35.3 Å². The van der Waals surface area contributed by atoms with Crippen LogP contribution in [0.1, 0.15) is 42.4 Å². The molecule has 0 spiro atoms. The van der Waals surface area contributed by atoms with Crippen LogP contribution in [0.4, 0.5) is 5.69 Å². The first kappa shape index (κ1) is 23.0. The summed E-state index contributed by atoms with van der Waals surface area (Å²) in [6, 6.07) is 13.2. The third-order valence-corrected chi connectivity index (χ3v) is 4.50. The minimum absolute atomic E-state index is 0.0285. The Labute approximate surface area is 177 Å². The number of carboxylic acid groups (broad SMARTS) is 1. The zero-order chi connectivity index (χ0) is 21.8. The first-order valence-corrected chi connectivity index (χ1v) is 9.80. The van der Waals surface area contributed by atoms with Gasteiger partial charge >= 0.3 is 5.97 Å². The fraction of sp³-hybridized carbons (Fsp3) is 0.333. The second-order valence-corrected chi connectivity index (χ2v) is 6.74. The number of benzene rings is 2. The van der Waals surface area contributed by atoms with Gasteiger partial charge in [-0.2, -0.15) is 0 Å². The van der Waals surface area contributed by atoms with Crippen molar-refractivity contribution in [1.29, 1.82) is 5.41 Å². The van der Waals surface area contributed by atoms with Crippen molar-refractivity contribution in [2.24, 2.45) is 0 Å². The van der Waals surface area contributed by atoms with Gasteiger partial charge in [-0.1, -0.05) is 24.1 Å². The van der Waals surface area contributed by atoms with Crippen molar-refractivity contribution in [3.8, 4) is 17.6 Å². The van der Waals surface area contributed by atoms with E-state index < -0.39 is 5.97 Å². The van der Waals surface area contributed by atoms with Gasteiger partial charge < -0.3 is 25.3 Å². The Kier molecular flexibility index (Phi) is 9.43. The molecule has 2 rings (SSSR count). The molecular weight excluding hydrogens is 380 g/mol. The lowest BCUT2D eigenvalue weighted by Crippen LogP contribution is -2.07. The molecule has 0 bridgehead atoms. The summed E-state index contributed by atoms with van der Waals surface area (Å²) in [5.41, 5.74) is 3.53. The lowest BCUT2D eigenvalue weighted by atomic mass is 9.96. The summed E-state index contributed by atoms with van der Waals surface area (Å²) in [6.45, 7) is 3.55. The second kappa shape index (κ2) is 12.3. The number of carbonyl (C=O) groups is 1. The minimum Gasteiger partial charge on any atom is -0.489 e. The number of methoxy groups -OCH3 is 1. The summed E-state index contributed by atoms with van der Waals surface area (Å²) in [5.74, 6) is 5.22. The Bertz CT molecular complexity index is 898. The lowest BCUT2D eigenvalue weighted by molar-refractivity contribution is -0.137. The third-order valence-electron chi connectivity index (χ3n) is 4.50. The summed E-state index contributed by atoms with van der Waals surface area (Å²) in [4.78, 5) is 11.0. The van der Waals surface area contributed by atoms with Gasteiger partial charge in [-0.05, 0) is 48.7 Å². The number of ether oxygens (including phenoxy) is 2. The summed E-state index contributed by atoms with van der Waals surface area (Å²) in [7, 11) is 1.68. The molecule has 0 saturated carbocycles. The van der Waals surface area contributed by atoms with Gasteiger partial charge in [0, 0.05) is 37.7 Å². The Morgan fingerprint density at radius 1 is 1.27 bits per heavy atom. The van der Waals surface area contributed by atoms with Gasteiger partial charge in [0.1, 0.15) is 12.4 Å². The van der Waals surface area contributed by atoms with Gasteiger partial charge in [0.15, 0.2) is 0 Å². The number of aliphatic carboxylic acids is 1. The zero-order valence-corrected chi connectivity index (χ0v) is 17.4. The molecule has 0 aliphatic carbocycles. The van der Waals surface area contributed by atoms with Crippen LogP contribution in [-0.2, 0) is 16.1 Å². The van der Waals surface area contributed by atoms with E-state index in [0.29, 0.717) is 19.0 Å². The minimum atomic E-state index is -0.873. The monoisotopic (exact) mass is 408 g/mol. The molecular formula is C24H28N2O4. The van der Waals surface area contributed by atoms with Crippen molar-refractivity contribution in [2.45, 2.75) is 32.3 Å². The summed E-state index contributed by atoms with van der Waals surface area (Å²) < 4.78 is 10.9. The molecule has 0 fully saturated rings. The van der Waals surface area contributed by atoms with Crippen LogP contribution >= 0.6 is 0 Å². The number of carboxylic acids is 1. The molecule has 158 valence electrons. The molecule has 0 amide bonds. The van der Waals surface area contributed by atoms with Crippen LogP contribution in [-0.4, -0.2) is 37.6 Å². The molecule has 3 N–H and O–H groups in total. The van der Waals surface area contributed by atoms with E-state index in [2.05, 4.69) is 17.2 Å². The molecule has 0 heterocycles. The molecule has 2 aromatic carbocycles. The SMILES string of the molecule is CC#C[C@@H](CC(=O)O)c1ccc(OCc2ccc(NCCCOC)c(C=N)c2)cc1. The van der Waals surface area contributed by atoms with E-state index >= 15 is 0 Å². The van der Waals surface area contributed by atoms with Crippen LogP contribution < -0.4 is 10.1 Å². The van der Waals surface area contributed by atoms with Crippen molar-refractivity contribution in [1.82, 2.24) is 0 Å². The quantitative estimate of drug-likeness (QED) is 0.277. The topological polar surface area (TPSA) is 91.6 Å². The number of nitrogens with one attached hydrogen (secondary N) is 2. The molecule has 0 aliphatic heterocycles. The van der Waals surface area contributed by atoms with Crippen molar-refractivity contribution in [3.63, 3.8) is 0 Å². The summed E-state index contributed by atoms with van der Waals surface area (Å²) >= 11 is 0. The molecule has 0 unspecified atom stereocenters. The van der Waals surface area contributed by atoms with Crippen LogP contribution in [0.15, 0.2) is 42.5 Å². The Morgan fingerprint density at radius 3 is 2.67 bits per heavy atom. The number of anilines is 1. The maximum atomic E-state index is 11.0. The average molecular weight is 408 g/mol. The van der Waals surface area contributed by atoms with E-state index in [1.54, 1.807) is 14.0 Å². The Balaban J connectivity index is 1.98. The zero-order valence-electron chi connectivity index (χ0n) is 17.4. The second-order valence-electron chi connectivity index (χ2n) is 6.74. The van der Waals surface area contributed by atoms with Crippen molar-refractivity contribution in [2.75, 3.05) is 25.6 Å². The van der Waals surface area contributed by atoms with Crippen LogP contribution in [0.5, 0.6) is 5.75 Å². The fourth-order valence-corrected chi connectivity index (χ4v) is 2.99. The molecule has 1 atom stereocenters. The number of rotatable bonds is 12. The van der Waals surface area contributed by atoms with Crippen molar-refractivity contribution < 1.29 is 19.4 Å². The normalized spacial score (nSPS) is 11.1. The van der Waals surface area contributed by atoms with Gasteiger partial charge in [0.2, 0.25) is 0 Å². The maximum absolute atomic E-state index is 11.0. The first-order valence-electron chi connectivity index (χ1n) is 9.80. The molecule has 6 heteroatoms. The van der Waals surface area contributed by atoms with Crippen LogP contribution in [0.2, 0.25) is 0 Å². The Hall–Kier alpha value is -3.30. The van der Waals surface area contributed by atoms with E-state index in [1.165, 1.54) is 6.21 Å². The largest absolute Gasteiger partial charge is 0.489 e. The molecule has 30 heavy (non-hydrogen) atoms. The van der Waals surface area contributed by atoms with E-state index in [-0.39, 0.29) is 12.3 Å². The summed E-state index contributed by atoms with van der Waals surface area (Å²) in [5, 5.41) is 20.0. The molecule has 0 aliphatic rings. The molecule has 0 radical (unpaired) electrons. The number of hydrogen-bond acceptors (Lipinski definition) is 5. The predicted molar refractivity (Wildman–Crippen MR) is 119 cm³/mol. The molecule has 0 saturated heterocycles. The van der Waals surface area contributed by atoms with Crippen LogP contribution in [0, 0.1) is 17.3 Å². The van der Waals surface area contributed by atoms with Gasteiger partial charge in [-0.3, -0.25) is 4.79 Å². The predicted octanol–water partition coefficient (Wildman–Crippen LogP) is 4.29.